The van der Waals surface area contributed by atoms with E-state index in [9.17, 15) is 0 Å². The van der Waals surface area contributed by atoms with Gasteiger partial charge in [0.1, 0.15) is 7.05 Å². The van der Waals surface area contributed by atoms with Gasteiger partial charge in [-0.05, 0) is 41.1 Å². The highest BCUT2D eigenvalue weighted by Gasteiger charge is 2.23. The molecule has 0 atom stereocenters. The zero-order chi connectivity index (χ0) is 20.7. The Morgan fingerprint density at radius 3 is 2.39 bits per heavy atom. The minimum atomic E-state index is 1.25. The van der Waals surface area contributed by atoms with Crippen molar-refractivity contribution in [1.82, 2.24) is 4.40 Å². The van der Waals surface area contributed by atoms with E-state index in [-0.39, 0.29) is 0 Å². The first-order valence-corrected chi connectivity index (χ1v) is 10.8. The molecule has 4 aromatic carbocycles. The van der Waals surface area contributed by atoms with Gasteiger partial charge in [-0.3, -0.25) is 0 Å². The molecule has 0 N–H and O–H groups in total. The SMILES string of the molecule is Cc1ccc2c3ccc(-c4ccccc4)cc3n3c4cccc5cc[n+](C)c(c1c23)c54. The molecular formula is C29H21N2+. The topological polar surface area (TPSA) is 8.29 Å². The van der Waals surface area contributed by atoms with Crippen LogP contribution in [0.3, 0.4) is 0 Å². The van der Waals surface area contributed by atoms with E-state index in [0.717, 1.165) is 0 Å². The molecule has 0 amide bonds. The molecule has 146 valence electrons. The highest BCUT2D eigenvalue weighted by molar-refractivity contribution is 6.25. The number of rotatable bonds is 1. The first kappa shape index (κ1) is 16.8. The van der Waals surface area contributed by atoms with Gasteiger partial charge in [0.2, 0.25) is 5.52 Å². The molecule has 2 heteroatoms. The Morgan fingerprint density at radius 1 is 0.677 bits per heavy atom. The van der Waals surface area contributed by atoms with Crippen LogP contribution in [-0.2, 0) is 7.05 Å². The fraction of sp³-hybridized carbons (Fsp3) is 0.0690. The molecule has 0 spiro atoms. The van der Waals surface area contributed by atoms with Gasteiger partial charge in [0.05, 0.1) is 27.3 Å². The van der Waals surface area contributed by atoms with Crippen molar-refractivity contribution in [1.29, 1.82) is 0 Å². The number of hydrogen-bond donors (Lipinski definition) is 0. The van der Waals surface area contributed by atoms with Crippen LogP contribution in [0.2, 0.25) is 0 Å². The number of fused-ring (bicyclic) bond motifs is 5. The van der Waals surface area contributed by atoms with E-state index in [4.69, 9.17) is 0 Å². The molecule has 31 heavy (non-hydrogen) atoms. The van der Waals surface area contributed by atoms with Gasteiger partial charge in [-0.1, -0.05) is 66.7 Å². The summed E-state index contributed by atoms with van der Waals surface area (Å²) in [4.78, 5) is 0. The molecule has 0 aliphatic carbocycles. The summed E-state index contributed by atoms with van der Waals surface area (Å²) >= 11 is 0. The van der Waals surface area contributed by atoms with Gasteiger partial charge in [-0.15, -0.1) is 0 Å². The Hall–Kier alpha value is -3.91. The molecule has 0 unspecified atom stereocenters. The van der Waals surface area contributed by atoms with E-state index in [1.165, 1.54) is 65.7 Å². The van der Waals surface area contributed by atoms with Crippen LogP contribution in [0.15, 0.2) is 91.1 Å². The average molecular weight is 398 g/mol. The molecule has 0 aliphatic heterocycles. The Morgan fingerprint density at radius 2 is 1.52 bits per heavy atom. The number of hydrogen-bond acceptors (Lipinski definition) is 0. The normalized spacial score (nSPS) is 12.2. The molecule has 0 fully saturated rings. The zero-order valence-electron chi connectivity index (χ0n) is 17.6. The first-order valence-electron chi connectivity index (χ1n) is 10.8. The zero-order valence-corrected chi connectivity index (χ0v) is 17.6. The van der Waals surface area contributed by atoms with Crippen molar-refractivity contribution >= 4 is 49.0 Å². The van der Waals surface area contributed by atoms with Crippen LogP contribution < -0.4 is 4.57 Å². The molecular weight excluding hydrogens is 376 g/mol. The smallest absolute Gasteiger partial charge is 0.224 e. The number of aryl methyl sites for hydroxylation is 2. The summed E-state index contributed by atoms with van der Waals surface area (Å²) in [6.07, 6.45) is 2.19. The number of nitrogens with zero attached hydrogens (tertiary/aromatic N) is 2. The second-order valence-electron chi connectivity index (χ2n) is 8.60. The standard InChI is InChI=1S/C29H21N2/c1-18-11-13-23-22-14-12-21(19-7-4-3-5-8-19)17-25(22)31-24-10-6-9-20-15-16-30(2)29(27(20)24)26(18)28(23)31/h3-17H,1-2H3/q+1. The van der Waals surface area contributed by atoms with Crippen molar-refractivity contribution in [2.45, 2.75) is 6.92 Å². The summed E-state index contributed by atoms with van der Waals surface area (Å²) in [6, 6.07) is 31.0. The lowest BCUT2D eigenvalue weighted by Crippen LogP contribution is -2.28. The first-order chi connectivity index (χ1) is 15.2. The predicted octanol–water partition coefficient (Wildman–Crippen LogP) is 6.79. The second-order valence-corrected chi connectivity index (χ2v) is 8.60. The summed E-state index contributed by atoms with van der Waals surface area (Å²) in [7, 11) is 2.16. The highest BCUT2D eigenvalue weighted by atomic mass is 14.9. The summed E-state index contributed by atoms with van der Waals surface area (Å²) < 4.78 is 4.78. The molecule has 7 rings (SSSR count). The van der Waals surface area contributed by atoms with Crippen LogP contribution in [-0.4, -0.2) is 4.40 Å². The third-order valence-electron chi connectivity index (χ3n) is 6.87. The molecule has 0 saturated heterocycles. The number of benzene rings is 4. The molecule has 0 radical (unpaired) electrons. The highest BCUT2D eigenvalue weighted by Crippen LogP contribution is 2.41. The lowest BCUT2D eigenvalue weighted by molar-refractivity contribution is -0.643. The van der Waals surface area contributed by atoms with E-state index in [0.29, 0.717) is 0 Å². The maximum atomic E-state index is 2.49. The minimum Gasteiger partial charge on any atom is -0.307 e. The second kappa shape index (κ2) is 5.83. The lowest BCUT2D eigenvalue weighted by atomic mass is 9.99. The van der Waals surface area contributed by atoms with Gasteiger partial charge < -0.3 is 4.40 Å². The molecule has 0 bridgehead atoms. The monoisotopic (exact) mass is 397 g/mol. The van der Waals surface area contributed by atoms with Gasteiger partial charge in [0.15, 0.2) is 6.20 Å². The molecule has 7 aromatic rings. The average Bonchev–Trinajstić information content (AvgIpc) is 3.14. The van der Waals surface area contributed by atoms with Crippen molar-refractivity contribution in [3.63, 3.8) is 0 Å². The summed E-state index contributed by atoms with van der Waals surface area (Å²) in [5, 5.41) is 6.60. The molecule has 3 aromatic heterocycles. The maximum Gasteiger partial charge on any atom is 0.224 e. The lowest BCUT2D eigenvalue weighted by Gasteiger charge is -2.12. The Bertz CT molecular complexity index is 1790. The third kappa shape index (κ3) is 2.09. The Balaban J connectivity index is 1.81. The van der Waals surface area contributed by atoms with Crippen LogP contribution in [0.5, 0.6) is 0 Å². The molecule has 2 nitrogen and oxygen atoms in total. The van der Waals surface area contributed by atoms with E-state index < -0.39 is 0 Å². The fourth-order valence-electron chi connectivity index (χ4n) is 5.45. The largest absolute Gasteiger partial charge is 0.307 e. The van der Waals surface area contributed by atoms with Gasteiger partial charge >= 0.3 is 0 Å². The minimum absolute atomic E-state index is 1.25. The Kier molecular flexibility index (Phi) is 3.17. The van der Waals surface area contributed by atoms with Crippen molar-refractivity contribution in [3.05, 3.63) is 96.7 Å². The predicted molar refractivity (Wildman–Crippen MR) is 130 cm³/mol. The van der Waals surface area contributed by atoms with Crippen LogP contribution in [0.25, 0.3) is 60.1 Å². The van der Waals surface area contributed by atoms with Crippen molar-refractivity contribution < 1.29 is 4.57 Å². The number of pyridine rings is 2. The van der Waals surface area contributed by atoms with Gasteiger partial charge in [-0.25, -0.2) is 4.57 Å². The van der Waals surface area contributed by atoms with Crippen molar-refractivity contribution in [2.75, 3.05) is 0 Å². The quantitative estimate of drug-likeness (QED) is 0.164. The van der Waals surface area contributed by atoms with Crippen LogP contribution in [0.4, 0.5) is 0 Å². The maximum absolute atomic E-state index is 2.49. The van der Waals surface area contributed by atoms with E-state index in [1.807, 2.05) is 0 Å². The van der Waals surface area contributed by atoms with E-state index in [1.54, 1.807) is 0 Å². The van der Waals surface area contributed by atoms with E-state index in [2.05, 4.69) is 114 Å². The Labute approximate surface area is 179 Å². The van der Waals surface area contributed by atoms with Gasteiger partial charge in [0.25, 0.3) is 0 Å². The van der Waals surface area contributed by atoms with Crippen molar-refractivity contribution in [3.8, 4) is 11.1 Å². The molecule has 0 saturated carbocycles. The molecule has 0 aliphatic rings. The molecule has 3 heterocycles. The van der Waals surface area contributed by atoms with Crippen LogP contribution in [0.1, 0.15) is 5.56 Å². The van der Waals surface area contributed by atoms with Crippen molar-refractivity contribution in [2.24, 2.45) is 7.05 Å². The fourth-order valence-corrected chi connectivity index (χ4v) is 5.45. The van der Waals surface area contributed by atoms with E-state index >= 15 is 0 Å². The van der Waals surface area contributed by atoms with Gasteiger partial charge in [-0.2, -0.15) is 0 Å². The van der Waals surface area contributed by atoms with Crippen LogP contribution in [0, 0.1) is 6.92 Å². The summed E-state index contributed by atoms with van der Waals surface area (Å²) in [5.41, 5.74) is 9.00. The van der Waals surface area contributed by atoms with Crippen LogP contribution >= 0.6 is 0 Å². The third-order valence-corrected chi connectivity index (χ3v) is 6.87. The number of aromatic nitrogens is 2. The summed E-state index contributed by atoms with van der Waals surface area (Å²) in [5.74, 6) is 0. The van der Waals surface area contributed by atoms with Gasteiger partial charge in [0, 0.05) is 16.8 Å². The summed E-state index contributed by atoms with van der Waals surface area (Å²) in [6.45, 7) is 2.24.